The average molecular weight is 426 g/mol. The van der Waals surface area contributed by atoms with Crippen molar-refractivity contribution in [2.75, 3.05) is 0 Å². The summed E-state index contributed by atoms with van der Waals surface area (Å²) in [6.45, 7) is 1.99. The number of hydrazone groups is 1. The summed E-state index contributed by atoms with van der Waals surface area (Å²) < 4.78 is 20.4. The van der Waals surface area contributed by atoms with Gasteiger partial charge in [0.2, 0.25) is 0 Å². The number of aryl methyl sites for hydroxylation is 1. The molecule has 1 heterocycles. The van der Waals surface area contributed by atoms with Crippen molar-refractivity contribution in [3.05, 3.63) is 81.3 Å². The molecule has 0 unspecified atom stereocenters. The Hall–Kier alpha value is -3.24. The SMILES string of the molecule is Cc1ccc(-c2ccc(/C=N\NC(=O)c3ccc(C#N)cc3F)o2)c(Br)c1. The largest absolute Gasteiger partial charge is 0.455 e. The fourth-order valence-electron chi connectivity index (χ4n) is 2.37. The number of nitrogens with one attached hydrogen (secondary N) is 1. The zero-order valence-electron chi connectivity index (χ0n) is 14.2. The third kappa shape index (κ3) is 4.30. The minimum Gasteiger partial charge on any atom is -0.455 e. The van der Waals surface area contributed by atoms with Crippen LogP contribution in [0.2, 0.25) is 0 Å². The Morgan fingerprint density at radius 2 is 2.07 bits per heavy atom. The van der Waals surface area contributed by atoms with E-state index in [0.29, 0.717) is 11.5 Å². The summed E-state index contributed by atoms with van der Waals surface area (Å²) in [5, 5.41) is 12.5. The van der Waals surface area contributed by atoms with Crippen molar-refractivity contribution < 1.29 is 13.6 Å². The Morgan fingerprint density at radius 1 is 1.26 bits per heavy atom. The van der Waals surface area contributed by atoms with Gasteiger partial charge in [-0.05, 0) is 55.0 Å². The molecule has 0 spiro atoms. The quantitative estimate of drug-likeness (QED) is 0.481. The van der Waals surface area contributed by atoms with Gasteiger partial charge >= 0.3 is 0 Å². The summed E-state index contributed by atoms with van der Waals surface area (Å²) in [6.07, 6.45) is 1.32. The Kier molecular flexibility index (Phi) is 5.48. The standard InChI is InChI=1S/C20H13BrFN3O2/c1-12-2-5-15(17(21)8-12)19-7-4-14(27-19)11-24-25-20(26)16-6-3-13(10-23)9-18(16)22/h2-9,11H,1H3,(H,25,26)/b24-11-. The van der Waals surface area contributed by atoms with Crippen LogP contribution in [0.1, 0.15) is 27.2 Å². The number of carbonyl (C=O) groups is 1. The molecule has 2 aromatic carbocycles. The maximum Gasteiger partial charge on any atom is 0.274 e. The number of benzene rings is 2. The molecule has 0 saturated carbocycles. The second-order valence-electron chi connectivity index (χ2n) is 5.69. The van der Waals surface area contributed by atoms with Crippen LogP contribution in [0.5, 0.6) is 0 Å². The number of rotatable bonds is 4. The first-order chi connectivity index (χ1) is 13.0. The van der Waals surface area contributed by atoms with Gasteiger partial charge in [0.25, 0.3) is 5.91 Å². The molecule has 27 heavy (non-hydrogen) atoms. The van der Waals surface area contributed by atoms with Crippen LogP contribution >= 0.6 is 15.9 Å². The van der Waals surface area contributed by atoms with Crippen molar-refractivity contribution in [2.45, 2.75) is 6.92 Å². The van der Waals surface area contributed by atoms with E-state index in [9.17, 15) is 9.18 Å². The molecule has 1 N–H and O–H groups in total. The molecule has 0 aliphatic carbocycles. The minimum absolute atomic E-state index is 0.137. The van der Waals surface area contributed by atoms with Gasteiger partial charge in [-0.2, -0.15) is 10.4 Å². The molecule has 1 amide bonds. The van der Waals surface area contributed by atoms with E-state index in [1.165, 1.54) is 18.3 Å². The molecule has 7 heteroatoms. The topological polar surface area (TPSA) is 78.4 Å². The van der Waals surface area contributed by atoms with Crippen molar-refractivity contribution in [1.29, 1.82) is 5.26 Å². The van der Waals surface area contributed by atoms with E-state index in [0.717, 1.165) is 21.7 Å². The number of nitrogens with zero attached hydrogens (tertiary/aromatic N) is 2. The summed E-state index contributed by atoms with van der Waals surface area (Å²) in [6, 6.07) is 14.8. The van der Waals surface area contributed by atoms with Crippen LogP contribution in [0.15, 0.2) is 62.5 Å². The van der Waals surface area contributed by atoms with Crippen LogP contribution in [-0.2, 0) is 0 Å². The molecule has 0 bridgehead atoms. The normalized spacial score (nSPS) is 10.7. The van der Waals surface area contributed by atoms with Gasteiger partial charge in [0.15, 0.2) is 0 Å². The van der Waals surface area contributed by atoms with Crippen molar-refractivity contribution >= 4 is 28.1 Å². The summed E-state index contributed by atoms with van der Waals surface area (Å²) in [7, 11) is 0. The van der Waals surface area contributed by atoms with E-state index >= 15 is 0 Å². The van der Waals surface area contributed by atoms with E-state index in [4.69, 9.17) is 9.68 Å². The lowest BCUT2D eigenvalue weighted by atomic mass is 10.1. The van der Waals surface area contributed by atoms with Crippen LogP contribution in [0.25, 0.3) is 11.3 Å². The molecule has 0 fully saturated rings. The zero-order chi connectivity index (χ0) is 19.4. The number of halogens is 2. The Morgan fingerprint density at radius 3 is 2.78 bits per heavy atom. The van der Waals surface area contributed by atoms with Gasteiger partial charge in [0.05, 0.1) is 23.4 Å². The van der Waals surface area contributed by atoms with Crippen molar-refractivity contribution in [1.82, 2.24) is 5.43 Å². The highest BCUT2D eigenvalue weighted by Gasteiger charge is 2.12. The molecule has 0 aliphatic heterocycles. The predicted molar refractivity (Wildman–Crippen MR) is 103 cm³/mol. The lowest BCUT2D eigenvalue weighted by Gasteiger charge is -2.02. The molecule has 134 valence electrons. The van der Waals surface area contributed by atoms with Gasteiger partial charge < -0.3 is 4.42 Å². The van der Waals surface area contributed by atoms with E-state index in [-0.39, 0.29) is 11.1 Å². The van der Waals surface area contributed by atoms with E-state index in [1.807, 2.05) is 25.1 Å². The smallest absolute Gasteiger partial charge is 0.274 e. The third-order valence-corrected chi connectivity index (χ3v) is 4.37. The predicted octanol–water partition coefficient (Wildman–Crippen LogP) is 4.79. The van der Waals surface area contributed by atoms with Gasteiger partial charge in [0.1, 0.15) is 17.3 Å². The van der Waals surface area contributed by atoms with Crippen molar-refractivity contribution in [2.24, 2.45) is 5.10 Å². The van der Waals surface area contributed by atoms with Crippen molar-refractivity contribution in [3.8, 4) is 17.4 Å². The Bertz CT molecular complexity index is 1080. The number of hydrogen-bond acceptors (Lipinski definition) is 4. The van der Waals surface area contributed by atoms with E-state index in [1.54, 1.807) is 18.2 Å². The van der Waals surface area contributed by atoms with Gasteiger partial charge in [-0.3, -0.25) is 4.79 Å². The first kappa shape index (κ1) is 18.5. The lowest BCUT2D eigenvalue weighted by Crippen LogP contribution is -2.19. The minimum atomic E-state index is -0.786. The molecule has 3 rings (SSSR count). The maximum absolute atomic E-state index is 13.8. The van der Waals surface area contributed by atoms with Crippen LogP contribution in [0, 0.1) is 24.1 Å². The summed E-state index contributed by atoms with van der Waals surface area (Å²) in [5.74, 6) is -0.432. The lowest BCUT2D eigenvalue weighted by molar-refractivity contribution is 0.0951. The molecular weight excluding hydrogens is 413 g/mol. The molecule has 3 aromatic rings. The Labute approximate surface area is 163 Å². The van der Waals surface area contributed by atoms with E-state index in [2.05, 4.69) is 26.5 Å². The second-order valence-corrected chi connectivity index (χ2v) is 6.55. The average Bonchev–Trinajstić information content (AvgIpc) is 3.10. The summed E-state index contributed by atoms with van der Waals surface area (Å²) in [4.78, 5) is 12.0. The van der Waals surface area contributed by atoms with Crippen LogP contribution in [0.3, 0.4) is 0 Å². The second kappa shape index (κ2) is 7.98. The zero-order valence-corrected chi connectivity index (χ0v) is 15.7. The first-order valence-corrected chi connectivity index (χ1v) is 8.66. The number of amides is 1. The monoisotopic (exact) mass is 425 g/mol. The molecule has 1 aromatic heterocycles. The van der Waals surface area contributed by atoms with Crippen molar-refractivity contribution in [3.63, 3.8) is 0 Å². The highest BCUT2D eigenvalue weighted by atomic mass is 79.9. The Balaban J connectivity index is 1.70. The van der Waals surface area contributed by atoms with Gasteiger partial charge in [-0.15, -0.1) is 0 Å². The highest BCUT2D eigenvalue weighted by molar-refractivity contribution is 9.10. The molecule has 0 aliphatic rings. The molecule has 5 nitrogen and oxygen atoms in total. The summed E-state index contributed by atoms with van der Waals surface area (Å²) >= 11 is 3.50. The molecule has 0 saturated heterocycles. The number of nitriles is 1. The molecule has 0 radical (unpaired) electrons. The van der Waals surface area contributed by atoms with E-state index < -0.39 is 11.7 Å². The molecule has 0 atom stereocenters. The van der Waals surface area contributed by atoms with Crippen LogP contribution in [-0.4, -0.2) is 12.1 Å². The van der Waals surface area contributed by atoms with Crippen LogP contribution < -0.4 is 5.43 Å². The fraction of sp³-hybridized carbons (Fsp3) is 0.0500. The number of hydrogen-bond donors (Lipinski definition) is 1. The summed E-state index contributed by atoms with van der Waals surface area (Å²) in [5.41, 5.74) is 4.18. The maximum atomic E-state index is 13.8. The van der Waals surface area contributed by atoms with Gasteiger partial charge in [-0.1, -0.05) is 22.0 Å². The highest BCUT2D eigenvalue weighted by Crippen LogP contribution is 2.30. The van der Waals surface area contributed by atoms with Crippen LogP contribution in [0.4, 0.5) is 4.39 Å². The van der Waals surface area contributed by atoms with Gasteiger partial charge in [-0.25, -0.2) is 9.82 Å². The molecular formula is C20H13BrFN3O2. The third-order valence-electron chi connectivity index (χ3n) is 3.72. The van der Waals surface area contributed by atoms with Gasteiger partial charge in [0, 0.05) is 10.0 Å². The fourth-order valence-corrected chi connectivity index (χ4v) is 3.06. The number of carbonyl (C=O) groups excluding carboxylic acids is 1. The number of furan rings is 1. The first-order valence-electron chi connectivity index (χ1n) is 7.87.